The van der Waals surface area contributed by atoms with Gasteiger partial charge in [-0.1, -0.05) is 59.6 Å². The van der Waals surface area contributed by atoms with Crippen LogP contribution >= 0.6 is 11.6 Å². The molecule has 1 atom stereocenters. The van der Waals surface area contributed by atoms with Crippen molar-refractivity contribution >= 4 is 33.2 Å². The first-order valence-electron chi connectivity index (χ1n) is 9.01. The Bertz CT molecular complexity index is 1110. The Morgan fingerprint density at radius 3 is 2.24 bits per heavy atom. The summed E-state index contributed by atoms with van der Waals surface area (Å²) in [5.41, 5.74) is 2.69. The second-order valence-electron chi connectivity index (χ2n) is 6.72. The van der Waals surface area contributed by atoms with Crippen LogP contribution in [0.3, 0.4) is 0 Å². The minimum Gasteiger partial charge on any atom is -0.346 e. The highest BCUT2D eigenvalue weighted by molar-refractivity contribution is 7.92. The SMILES string of the molecule is Cc1ccc(C(C)NC(=O)c2ccc(NS(=O)(=O)c3ccccc3)c(Cl)c2)cc1. The number of anilines is 1. The summed E-state index contributed by atoms with van der Waals surface area (Å²) >= 11 is 6.23. The fourth-order valence-corrected chi connectivity index (χ4v) is 4.15. The third kappa shape index (κ3) is 5.16. The zero-order chi connectivity index (χ0) is 21.0. The molecule has 0 fully saturated rings. The molecule has 0 radical (unpaired) electrons. The molecule has 3 aromatic rings. The first kappa shape index (κ1) is 20.9. The van der Waals surface area contributed by atoms with Crippen LogP contribution in [0.5, 0.6) is 0 Å². The maximum Gasteiger partial charge on any atom is 0.261 e. The van der Waals surface area contributed by atoms with Crippen molar-refractivity contribution in [2.45, 2.75) is 24.8 Å². The average molecular weight is 429 g/mol. The van der Waals surface area contributed by atoms with Crippen molar-refractivity contribution in [1.29, 1.82) is 0 Å². The van der Waals surface area contributed by atoms with Crippen LogP contribution in [0.2, 0.25) is 5.02 Å². The van der Waals surface area contributed by atoms with E-state index < -0.39 is 10.0 Å². The van der Waals surface area contributed by atoms with Crippen molar-refractivity contribution in [2.75, 3.05) is 4.72 Å². The van der Waals surface area contributed by atoms with Gasteiger partial charge in [0.15, 0.2) is 0 Å². The molecule has 0 aliphatic rings. The number of carbonyl (C=O) groups excluding carboxylic acids is 1. The lowest BCUT2D eigenvalue weighted by atomic mass is 10.1. The number of halogens is 1. The molecule has 29 heavy (non-hydrogen) atoms. The standard InChI is InChI=1S/C22H21ClN2O3S/c1-15-8-10-17(11-9-15)16(2)24-22(26)18-12-13-21(20(23)14-18)25-29(27,28)19-6-4-3-5-7-19/h3-14,16,25H,1-2H3,(H,24,26). The molecule has 0 bridgehead atoms. The molecule has 5 nitrogen and oxygen atoms in total. The van der Waals surface area contributed by atoms with Crippen LogP contribution in [0.25, 0.3) is 0 Å². The maximum absolute atomic E-state index is 12.6. The average Bonchev–Trinajstić information content (AvgIpc) is 2.70. The number of hydrogen-bond donors (Lipinski definition) is 2. The van der Waals surface area contributed by atoms with Gasteiger partial charge < -0.3 is 5.32 Å². The Morgan fingerprint density at radius 2 is 1.62 bits per heavy atom. The van der Waals surface area contributed by atoms with Gasteiger partial charge in [0, 0.05) is 5.56 Å². The monoisotopic (exact) mass is 428 g/mol. The summed E-state index contributed by atoms with van der Waals surface area (Å²) in [6.45, 7) is 3.90. The number of sulfonamides is 1. The normalized spacial score (nSPS) is 12.2. The third-order valence-corrected chi connectivity index (χ3v) is 6.15. The minimum absolute atomic E-state index is 0.129. The van der Waals surface area contributed by atoms with E-state index in [9.17, 15) is 13.2 Å². The molecule has 1 amide bonds. The van der Waals surface area contributed by atoms with Crippen molar-refractivity contribution in [2.24, 2.45) is 0 Å². The molecule has 7 heteroatoms. The molecule has 1 unspecified atom stereocenters. The van der Waals surface area contributed by atoms with Gasteiger partial charge in [0.05, 0.1) is 21.6 Å². The zero-order valence-corrected chi connectivity index (χ0v) is 17.6. The van der Waals surface area contributed by atoms with Crippen LogP contribution in [0.1, 0.15) is 34.5 Å². The van der Waals surface area contributed by atoms with Gasteiger partial charge in [0.1, 0.15) is 0 Å². The van der Waals surface area contributed by atoms with Crippen molar-refractivity contribution in [3.63, 3.8) is 0 Å². The van der Waals surface area contributed by atoms with E-state index in [1.807, 2.05) is 38.1 Å². The summed E-state index contributed by atoms with van der Waals surface area (Å²) < 4.78 is 27.3. The van der Waals surface area contributed by atoms with Crippen LogP contribution in [0.15, 0.2) is 77.7 Å². The van der Waals surface area contributed by atoms with Crippen LogP contribution in [-0.2, 0) is 10.0 Å². The quantitative estimate of drug-likeness (QED) is 0.583. The van der Waals surface area contributed by atoms with Gasteiger partial charge >= 0.3 is 0 Å². The van der Waals surface area contributed by atoms with Gasteiger partial charge in [0.25, 0.3) is 15.9 Å². The van der Waals surface area contributed by atoms with Crippen LogP contribution in [0.4, 0.5) is 5.69 Å². The van der Waals surface area contributed by atoms with E-state index in [1.165, 1.54) is 30.3 Å². The summed E-state index contributed by atoms with van der Waals surface area (Å²) in [7, 11) is -3.76. The molecule has 3 aromatic carbocycles. The highest BCUT2D eigenvalue weighted by Gasteiger charge is 2.17. The fraction of sp³-hybridized carbons (Fsp3) is 0.136. The van der Waals surface area contributed by atoms with Crippen molar-refractivity contribution < 1.29 is 13.2 Å². The summed E-state index contributed by atoms with van der Waals surface area (Å²) in [5, 5.41) is 3.06. The topological polar surface area (TPSA) is 75.3 Å². The Hall–Kier alpha value is -2.83. The van der Waals surface area contributed by atoms with Gasteiger partial charge in [-0.25, -0.2) is 8.42 Å². The largest absolute Gasteiger partial charge is 0.346 e. The third-order valence-electron chi connectivity index (χ3n) is 4.45. The summed E-state index contributed by atoms with van der Waals surface area (Å²) in [6, 6.07) is 20.2. The molecule has 0 heterocycles. The first-order chi connectivity index (χ1) is 13.8. The molecule has 0 aromatic heterocycles. The van der Waals surface area contributed by atoms with Crippen LogP contribution < -0.4 is 10.0 Å². The van der Waals surface area contributed by atoms with E-state index in [4.69, 9.17) is 11.6 Å². The molecular formula is C22H21ClN2O3S. The predicted molar refractivity (Wildman–Crippen MR) is 116 cm³/mol. The second kappa shape index (κ2) is 8.68. The number of benzene rings is 3. The molecule has 0 saturated heterocycles. The predicted octanol–water partition coefficient (Wildman–Crippen LogP) is 4.94. The molecule has 0 aliphatic carbocycles. The summed E-state index contributed by atoms with van der Waals surface area (Å²) in [6.07, 6.45) is 0. The van der Waals surface area contributed by atoms with E-state index in [-0.39, 0.29) is 27.6 Å². The lowest BCUT2D eigenvalue weighted by Gasteiger charge is -2.15. The summed E-state index contributed by atoms with van der Waals surface area (Å²) in [4.78, 5) is 12.7. The first-order valence-corrected chi connectivity index (χ1v) is 10.9. The molecular weight excluding hydrogens is 408 g/mol. The summed E-state index contributed by atoms with van der Waals surface area (Å²) in [5.74, 6) is -0.294. The number of carbonyl (C=O) groups is 1. The van der Waals surface area contributed by atoms with E-state index >= 15 is 0 Å². The Labute approximate surface area is 175 Å². The molecule has 0 saturated carbocycles. The molecule has 0 spiro atoms. The van der Waals surface area contributed by atoms with Crippen molar-refractivity contribution in [3.05, 3.63) is 94.5 Å². The number of hydrogen-bond acceptors (Lipinski definition) is 3. The maximum atomic E-state index is 12.6. The second-order valence-corrected chi connectivity index (χ2v) is 8.81. The molecule has 0 aliphatic heterocycles. The van der Waals surface area contributed by atoms with E-state index in [0.29, 0.717) is 5.56 Å². The van der Waals surface area contributed by atoms with Gasteiger partial charge in [0.2, 0.25) is 0 Å². The fourth-order valence-electron chi connectivity index (χ4n) is 2.76. The van der Waals surface area contributed by atoms with Gasteiger partial charge in [-0.05, 0) is 49.7 Å². The lowest BCUT2D eigenvalue weighted by Crippen LogP contribution is -2.26. The van der Waals surface area contributed by atoms with Gasteiger partial charge in [-0.15, -0.1) is 0 Å². The van der Waals surface area contributed by atoms with E-state index in [0.717, 1.165) is 11.1 Å². The molecule has 2 N–H and O–H groups in total. The number of amides is 1. The minimum atomic E-state index is -3.76. The lowest BCUT2D eigenvalue weighted by molar-refractivity contribution is 0.0940. The highest BCUT2D eigenvalue weighted by Crippen LogP contribution is 2.26. The Kier molecular flexibility index (Phi) is 6.25. The Balaban J connectivity index is 1.73. The molecule has 3 rings (SSSR count). The number of rotatable bonds is 6. The van der Waals surface area contributed by atoms with Crippen molar-refractivity contribution in [1.82, 2.24) is 5.32 Å². The van der Waals surface area contributed by atoms with Crippen molar-refractivity contribution in [3.8, 4) is 0 Å². The highest BCUT2D eigenvalue weighted by atomic mass is 35.5. The Morgan fingerprint density at radius 1 is 0.966 bits per heavy atom. The zero-order valence-electron chi connectivity index (χ0n) is 16.0. The number of aryl methyl sites for hydroxylation is 1. The van der Waals surface area contributed by atoms with Gasteiger partial charge in [-0.3, -0.25) is 9.52 Å². The van der Waals surface area contributed by atoms with E-state index in [2.05, 4.69) is 10.0 Å². The van der Waals surface area contributed by atoms with E-state index in [1.54, 1.807) is 18.2 Å². The van der Waals surface area contributed by atoms with Crippen LogP contribution in [-0.4, -0.2) is 14.3 Å². The molecule has 150 valence electrons. The van der Waals surface area contributed by atoms with Gasteiger partial charge in [-0.2, -0.15) is 0 Å². The smallest absolute Gasteiger partial charge is 0.261 e. The van der Waals surface area contributed by atoms with Crippen LogP contribution in [0, 0.1) is 6.92 Å². The number of nitrogens with one attached hydrogen (secondary N) is 2.